The average Bonchev–Trinajstić information content (AvgIpc) is 2.37. The first-order valence-corrected chi connectivity index (χ1v) is 7.39. The van der Waals surface area contributed by atoms with Gasteiger partial charge in [0.1, 0.15) is 0 Å². The Kier molecular flexibility index (Phi) is 4.43. The van der Waals surface area contributed by atoms with E-state index in [1.54, 1.807) is 12.1 Å². The molecule has 0 aromatic heterocycles. The Morgan fingerprint density at radius 2 is 2.10 bits per heavy atom. The van der Waals surface area contributed by atoms with Crippen molar-refractivity contribution in [2.24, 2.45) is 11.7 Å². The highest BCUT2D eigenvalue weighted by molar-refractivity contribution is 6.34. The fourth-order valence-corrected chi connectivity index (χ4v) is 3.46. The second-order valence-corrected chi connectivity index (χ2v) is 6.21. The van der Waals surface area contributed by atoms with Crippen molar-refractivity contribution in [2.45, 2.75) is 38.6 Å². The molecule has 0 aliphatic heterocycles. The van der Waals surface area contributed by atoms with Crippen LogP contribution in [0.4, 0.5) is 11.4 Å². The predicted octanol–water partition coefficient (Wildman–Crippen LogP) is 3.04. The maximum absolute atomic E-state index is 11.7. The molecule has 110 valence electrons. The minimum Gasteiger partial charge on any atom is -0.399 e. The molecular weight excluding hydrogens is 274 g/mol. The van der Waals surface area contributed by atoms with E-state index in [2.05, 4.69) is 11.8 Å². The zero-order valence-electron chi connectivity index (χ0n) is 12.0. The molecule has 0 heterocycles. The second kappa shape index (κ2) is 5.92. The Hall–Kier alpha value is -1.42. The lowest BCUT2D eigenvalue weighted by Crippen LogP contribution is -2.37. The number of nitrogens with two attached hydrogens (primary N) is 2. The van der Waals surface area contributed by atoms with Crippen LogP contribution in [0.2, 0.25) is 5.02 Å². The monoisotopic (exact) mass is 295 g/mol. The first kappa shape index (κ1) is 15.0. The molecule has 1 aromatic rings. The van der Waals surface area contributed by atoms with Crippen LogP contribution in [0.3, 0.4) is 0 Å². The molecule has 0 radical (unpaired) electrons. The van der Waals surface area contributed by atoms with Gasteiger partial charge in [0.15, 0.2) is 0 Å². The lowest BCUT2D eigenvalue weighted by atomic mass is 9.86. The highest BCUT2D eigenvalue weighted by Gasteiger charge is 2.26. The Labute approximate surface area is 125 Å². The maximum Gasteiger partial charge on any atom is 0.250 e. The molecule has 0 bridgehead atoms. The van der Waals surface area contributed by atoms with Crippen LogP contribution in [-0.2, 0) is 0 Å². The molecule has 1 amide bonds. The first-order chi connectivity index (χ1) is 9.40. The molecule has 2 unspecified atom stereocenters. The number of amides is 1. The molecule has 1 fully saturated rings. The molecule has 1 aliphatic rings. The lowest BCUT2D eigenvalue weighted by molar-refractivity contribution is 0.100. The van der Waals surface area contributed by atoms with Crippen LogP contribution in [0.5, 0.6) is 0 Å². The number of halogens is 1. The standard InChI is InChI=1S/C15H22ClN3O/c1-9-4-3-5-11(6-9)19(2)14-12(15(18)20)7-10(17)8-13(14)16/h7-9,11H,3-6,17H2,1-2H3,(H2,18,20). The number of anilines is 2. The summed E-state index contributed by atoms with van der Waals surface area (Å²) in [7, 11) is 1.98. The van der Waals surface area contributed by atoms with Crippen molar-refractivity contribution in [3.8, 4) is 0 Å². The van der Waals surface area contributed by atoms with E-state index in [0.717, 1.165) is 12.8 Å². The predicted molar refractivity (Wildman–Crippen MR) is 84.2 cm³/mol. The summed E-state index contributed by atoms with van der Waals surface area (Å²) in [4.78, 5) is 13.8. The van der Waals surface area contributed by atoms with Crippen LogP contribution in [-0.4, -0.2) is 19.0 Å². The van der Waals surface area contributed by atoms with Crippen LogP contribution in [0.1, 0.15) is 43.0 Å². The van der Waals surface area contributed by atoms with Crippen molar-refractivity contribution in [1.82, 2.24) is 0 Å². The SMILES string of the molecule is CC1CCCC(N(C)c2c(Cl)cc(N)cc2C(N)=O)C1. The number of nitrogen functional groups attached to an aromatic ring is 1. The number of carbonyl (C=O) groups excluding carboxylic acids is 1. The Morgan fingerprint density at radius 1 is 1.40 bits per heavy atom. The van der Waals surface area contributed by atoms with Crippen LogP contribution >= 0.6 is 11.6 Å². The zero-order valence-corrected chi connectivity index (χ0v) is 12.8. The second-order valence-electron chi connectivity index (χ2n) is 5.80. The van der Waals surface area contributed by atoms with Gasteiger partial charge in [-0.25, -0.2) is 0 Å². The molecule has 0 saturated heterocycles. The Balaban J connectivity index is 2.38. The van der Waals surface area contributed by atoms with Crippen molar-refractivity contribution >= 4 is 28.9 Å². The molecule has 2 rings (SSSR count). The molecule has 4 N–H and O–H groups in total. The number of benzene rings is 1. The fraction of sp³-hybridized carbons (Fsp3) is 0.533. The van der Waals surface area contributed by atoms with Gasteiger partial charge in [-0.2, -0.15) is 0 Å². The maximum atomic E-state index is 11.7. The van der Waals surface area contributed by atoms with E-state index in [-0.39, 0.29) is 0 Å². The smallest absolute Gasteiger partial charge is 0.250 e. The van der Waals surface area contributed by atoms with Crippen molar-refractivity contribution in [1.29, 1.82) is 0 Å². The van der Waals surface area contributed by atoms with Crippen LogP contribution in [0, 0.1) is 5.92 Å². The summed E-state index contributed by atoms with van der Waals surface area (Å²) < 4.78 is 0. The number of carbonyl (C=O) groups is 1. The van der Waals surface area contributed by atoms with Gasteiger partial charge in [0, 0.05) is 18.8 Å². The van der Waals surface area contributed by atoms with Gasteiger partial charge in [-0.15, -0.1) is 0 Å². The molecule has 0 spiro atoms. The molecule has 2 atom stereocenters. The largest absolute Gasteiger partial charge is 0.399 e. The van der Waals surface area contributed by atoms with Crippen LogP contribution in [0.25, 0.3) is 0 Å². The van der Waals surface area contributed by atoms with Gasteiger partial charge < -0.3 is 16.4 Å². The van der Waals surface area contributed by atoms with E-state index in [1.807, 2.05) is 7.05 Å². The number of rotatable bonds is 3. The molecule has 1 aromatic carbocycles. The van der Waals surface area contributed by atoms with E-state index in [9.17, 15) is 4.79 Å². The van der Waals surface area contributed by atoms with Gasteiger partial charge in [0.05, 0.1) is 16.3 Å². The third-order valence-electron chi connectivity index (χ3n) is 4.16. The summed E-state index contributed by atoms with van der Waals surface area (Å²) in [5.74, 6) is 0.200. The van der Waals surface area contributed by atoms with E-state index >= 15 is 0 Å². The third-order valence-corrected chi connectivity index (χ3v) is 4.45. The van der Waals surface area contributed by atoms with E-state index in [4.69, 9.17) is 23.1 Å². The Bertz CT molecular complexity index is 518. The highest BCUT2D eigenvalue weighted by atomic mass is 35.5. The quantitative estimate of drug-likeness (QED) is 0.842. The van der Waals surface area contributed by atoms with E-state index < -0.39 is 5.91 Å². The number of primary amides is 1. The van der Waals surface area contributed by atoms with E-state index in [1.165, 1.54) is 12.8 Å². The summed E-state index contributed by atoms with van der Waals surface area (Å²) in [5, 5.41) is 0.486. The Morgan fingerprint density at radius 3 is 2.70 bits per heavy atom. The topological polar surface area (TPSA) is 72.3 Å². The number of hydrogen-bond donors (Lipinski definition) is 2. The third kappa shape index (κ3) is 3.01. The van der Waals surface area contributed by atoms with Crippen molar-refractivity contribution in [2.75, 3.05) is 17.7 Å². The van der Waals surface area contributed by atoms with E-state index in [0.29, 0.717) is 33.9 Å². The highest BCUT2D eigenvalue weighted by Crippen LogP contribution is 2.36. The number of nitrogens with zero attached hydrogens (tertiary/aromatic N) is 1. The zero-order chi connectivity index (χ0) is 14.9. The minimum absolute atomic E-state index is 0.387. The normalized spacial score (nSPS) is 22.6. The number of hydrogen-bond acceptors (Lipinski definition) is 3. The minimum atomic E-state index is -0.495. The summed E-state index contributed by atoms with van der Waals surface area (Å²) >= 11 is 6.30. The van der Waals surface area contributed by atoms with Crippen molar-refractivity contribution in [3.63, 3.8) is 0 Å². The molecule has 1 saturated carbocycles. The summed E-state index contributed by atoms with van der Waals surface area (Å²) in [6.07, 6.45) is 4.69. The molecule has 5 heteroatoms. The van der Waals surface area contributed by atoms with Gasteiger partial charge in [-0.05, 0) is 30.9 Å². The average molecular weight is 296 g/mol. The van der Waals surface area contributed by atoms with Gasteiger partial charge >= 0.3 is 0 Å². The lowest BCUT2D eigenvalue weighted by Gasteiger charge is -2.36. The summed E-state index contributed by atoms with van der Waals surface area (Å²) in [6, 6.07) is 3.66. The van der Waals surface area contributed by atoms with Gasteiger partial charge in [0.25, 0.3) is 5.91 Å². The van der Waals surface area contributed by atoms with Crippen molar-refractivity contribution in [3.05, 3.63) is 22.7 Å². The molecule has 20 heavy (non-hydrogen) atoms. The van der Waals surface area contributed by atoms with Gasteiger partial charge in [-0.1, -0.05) is 31.4 Å². The molecular formula is C15H22ClN3O. The van der Waals surface area contributed by atoms with Crippen molar-refractivity contribution < 1.29 is 4.79 Å². The van der Waals surface area contributed by atoms with Gasteiger partial charge in [-0.3, -0.25) is 4.79 Å². The first-order valence-electron chi connectivity index (χ1n) is 7.01. The summed E-state index contributed by atoms with van der Waals surface area (Å²) in [6.45, 7) is 2.26. The summed E-state index contributed by atoms with van der Waals surface area (Å²) in [5.41, 5.74) is 12.8. The molecule has 4 nitrogen and oxygen atoms in total. The van der Waals surface area contributed by atoms with Crippen LogP contribution < -0.4 is 16.4 Å². The fourth-order valence-electron chi connectivity index (χ4n) is 3.10. The van der Waals surface area contributed by atoms with Crippen LogP contribution in [0.15, 0.2) is 12.1 Å². The van der Waals surface area contributed by atoms with Gasteiger partial charge in [0.2, 0.25) is 0 Å². The molecule has 1 aliphatic carbocycles.